The monoisotopic (exact) mass is 329 g/mol. The van der Waals surface area contributed by atoms with Crippen LogP contribution in [0.3, 0.4) is 0 Å². The first-order valence-electron chi connectivity index (χ1n) is 5.97. The molecule has 1 aromatic heterocycles. The first-order valence-corrected chi connectivity index (χ1v) is 6.76. The standard InChI is InChI=1S/C15H12BrN3O/c1-19(10-12-4-2-3-5-13(12)16)15(20)14-8-11(9-17)6-7-18-14/h2-8H,10H2,1H3. The number of rotatable bonds is 3. The maximum Gasteiger partial charge on any atom is 0.272 e. The fourth-order valence-electron chi connectivity index (χ4n) is 1.77. The Morgan fingerprint density at radius 2 is 2.15 bits per heavy atom. The molecule has 0 aliphatic rings. The lowest BCUT2D eigenvalue weighted by atomic mass is 10.2. The molecule has 0 unspecified atom stereocenters. The van der Waals surface area contributed by atoms with Crippen LogP contribution in [0.25, 0.3) is 0 Å². The number of pyridine rings is 1. The summed E-state index contributed by atoms with van der Waals surface area (Å²) in [4.78, 5) is 17.9. The van der Waals surface area contributed by atoms with E-state index < -0.39 is 0 Å². The highest BCUT2D eigenvalue weighted by Gasteiger charge is 2.14. The molecule has 0 saturated heterocycles. The summed E-state index contributed by atoms with van der Waals surface area (Å²) in [6.45, 7) is 0.471. The van der Waals surface area contributed by atoms with Gasteiger partial charge in [0.15, 0.2) is 0 Å². The van der Waals surface area contributed by atoms with E-state index in [1.807, 2.05) is 30.3 Å². The molecule has 1 aromatic carbocycles. The van der Waals surface area contributed by atoms with Crippen molar-refractivity contribution in [1.82, 2.24) is 9.88 Å². The number of carbonyl (C=O) groups is 1. The van der Waals surface area contributed by atoms with E-state index in [0.717, 1.165) is 10.0 Å². The highest BCUT2D eigenvalue weighted by molar-refractivity contribution is 9.10. The second-order valence-electron chi connectivity index (χ2n) is 4.29. The van der Waals surface area contributed by atoms with E-state index in [0.29, 0.717) is 12.1 Å². The van der Waals surface area contributed by atoms with Gasteiger partial charge in [0.05, 0.1) is 11.6 Å². The fourth-order valence-corrected chi connectivity index (χ4v) is 2.18. The maximum atomic E-state index is 12.3. The van der Waals surface area contributed by atoms with Crippen molar-refractivity contribution in [1.29, 1.82) is 5.26 Å². The van der Waals surface area contributed by atoms with Gasteiger partial charge in [-0.2, -0.15) is 5.26 Å². The van der Waals surface area contributed by atoms with Crippen LogP contribution in [0.2, 0.25) is 0 Å². The van der Waals surface area contributed by atoms with E-state index in [1.54, 1.807) is 18.0 Å². The summed E-state index contributed by atoms with van der Waals surface area (Å²) in [6, 6.07) is 12.8. The molecule has 0 N–H and O–H groups in total. The number of hydrogen-bond acceptors (Lipinski definition) is 3. The van der Waals surface area contributed by atoms with Gasteiger partial charge in [-0.15, -0.1) is 0 Å². The molecule has 0 bridgehead atoms. The van der Waals surface area contributed by atoms with Crippen molar-refractivity contribution >= 4 is 21.8 Å². The smallest absolute Gasteiger partial charge is 0.272 e. The minimum Gasteiger partial charge on any atom is -0.336 e. The molecule has 0 radical (unpaired) electrons. The Bertz CT molecular complexity index is 679. The van der Waals surface area contributed by atoms with Crippen molar-refractivity contribution in [3.05, 3.63) is 63.9 Å². The van der Waals surface area contributed by atoms with Crippen LogP contribution in [0.4, 0.5) is 0 Å². The van der Waals surface area contributed by atoms with Crippen molar-refractivity contribution in [2.45, 2.75) is 6.54 Å². The number of aromatic nitrogens is 1. The summed E-state index contributed by atoms with van der Waals surface area (Å²) in [5.74, 6) is -0.210. The van der Waals surface area contributed by atoms with Crippen LogP contribution >= 0.6 is 15.9 Å². The summed E-state index contributed by atoms with van der Waals surface area (Å²) in [7, 11) is 1.71. The fraction of sp³-hybridized carbons (Fsp3) is 0.133. The van der Waals surface area contributed by atoms with Gasteiger partial charge >= 0.3 is 0 Å². The van der Waals surface area contributed by atoms with Crippen LogP contribution in [0.5, 0.6) is 0 Å². The quantitative estimate of drug-likeness (QED) is 0.869. The normalized spacial score (nSPS) is 9.85. The van der Waals surface area contributed by atoms with E-state index in [4.69, 9.17) is 5.26 Å². The van der Waals surface area contributed by atoms with Crippen molar-refractivity contribution in [3.8, 4) is 6.07 Å². The van der Waals surface area contributed by atoms with Crippen LogP contribution in [0, 0.1) is 11.3 Å². The summed E-state index contributed by atoms with van der Waals surface area (Å²) in [6.07, 6.45) is 1.47. The Labute approximate surface area is 125 Å². The molecule has 5 heteroatoms. The van der Waals surface area contributed by atoms with Gasteiger partial charge in [0.1, 0.15) is 5.69 Å². The molecular formula is C15H12BrN3O. The molecule has 20 heavy (non-hydrogen) atoms. The van der Waals surface area contributed by atoms with Crippen molar-refractivity contribution in [3.63, 3.8) is 0 Å². The van der Waals surface area contributed by atoms with E-state index in [9.17, 15) is 4.79 Å². The number of amides is 1. The van der Waals surface area contributed by atoms with Crippen molar-refractivity contribution < 1.29 is 4.79 Å². The Morgan fingerprint density at radius 1 is 1.40 bits per heavy atom. The molecule has 0 aliphatic heterocycles. The number of halogens is 1. The van der Waals surface area contributed by atoms with Gasteiger partial charge in [-0.3, -0.25) is 9.78 Å². The van der Waals surface area contributed by atoms with Crippen LogP contribution in [0.1, 0.15) is 21.6 Å². The number of hydrogen-bond donors (Lipinski definition) is 0. The largest absolute Gasteiger partial charge is 0.336 e. The average molecular weight is 330 g/mol. The SMILES string of the molecule is CN(Cc1ccccc1Br)C(=O)c1cc(C#N)ccn1. The lowest BCUT2D eigenvalue weighted by Gasteiger charge is -2.17. The molecule has 100 valence electrons. The Balaban J connectivity index is 2.17. The van der Waals surface area contributed by atoms with Gasteiger partial charge in [0.25, 0.3) is 5.91 Å². The highest BCUT2D eigenvalue weighted by Crippen LogP contribution is 2.18. The minimum absolute atomic E-state index is 0.210. The average Bonchev–Trinajstić information content (AvgIpc) is 2.48. The summed E-state index contributed by atoms with van der Waals surface area (Å²) < 4.78 is 0.957. The first kappa shape index (κ1) is 14.2. The van der Waals surface area contributed by atoms with E-state index >= 15 is 0 Å². The summed E-state index contributed by atoms with van der Waals surface area (Å²) >= 11 is 3.46. The van der Waals surface area contributed by atoms with Gasteiger partial charge in [0, 0.05) is 24.3 Å². The highest BCUT2D eigenvalue weighted by atomic mass is 79.9. The van der Waals surface area contributed by atoms with Crippen LogP contribution < -0.4 is 0 Å². The molecule has 1 amide bonds. The zero-order chi connectivity index (χ0) is 14.5. The molecular weight excluding hydrogens is 318 g/mol. The maximum absolute atomic E-state index is 12.3. The third kappa shape index (κ3) is 3.22. The van der Waals surface area contributed by atoms with E-state index in [-0.39, 0.29) is 11.6 Å². The third-order valence-corrected chi connectivity index (χ3v) is 3.59. The molecule has 4 nitrogen and oxygen atoms in total. The summed E-state index contributed by atoms with van der Waals surface area (Å²) in [5.41, 5.74) is 1.72. The molecule has 0 spiro atoms. The number of carbonyl (C=O) groups excluding carboxylic acids is 1. The Morgan fingerprint density at radius 3 is 2.85 bits per heavy atom. The van der Waals surface area contributed by atoms with Crippen LogP contribution in [-0.2, 0) is 6.54 Å². The van der Waals surface area contributed by atoms with Crippen molar-refractivity contribution in [2.75, 3.05) is 7.05 Å². The zero-order valence-corrected chi connectivity index (χ0v) is 12.5. The predicted octanol–water partition coefficient (Wildman–Crippen LogP) is 2.99. The molecule has 0 atom stereocenters. The molecule has 0 aliphatic carbocycles. The van der Waals surface area contributed by atoms with Crippen molar-refractivity contribution in [2.24, 2.45) is 0 Å². The number of benzene rings is 1. The van der Waals surface area contributed by atoms with E-state index in [2.05, 4.69) is 20.9 Å². The van der Waals surface area contributed by atoms with Gasteiger partial charge < -0.3 is 4.90 Å². The molecule has 0 fully saturated rings. The summed E-state index contributed by atoms with van der Waals surface area (Å²) in [5, 5.41) is 8.85. The van der Waals surface area contributed by atoms with Crippen LogP contribution in [-0.4, -0.2) is 22.8 Å². The number of nitrogens with zero attached hydrogens (tertiary/aromatic N) is 3. The zero-order valence-electron chi connectivity index (χ0n) is 10.9. The minimum atomic E-state index is -0.210. The van der Waals surface area contributed by atoms with Gasteiger partial charge in [-0.1, -0.05) is 34.1 Å². The molecule has 2 aromatic rings. The number of nitriles is 1. The lowest BCUT2D eigenvalue weighted by Crippen LogP contribution is -2.27. The molecule has 2 rings (SSSR count). The molecule has 0 saturated carbocycles. The Hall–Kier alpha value is -2.19. The second kappa shape index (κ2) is 6.31. The lowest BCUT2D eigenvalue weighted by molar-refractivity contribution is 0.0779. The van der Waals surface area contributed by atoms with Gasteiger partial charge in [-0.05, 0) is 23.8 Å². The van der Waals surface area contributed by atoms with E-state index in [1.165, 1.54) is 12.3 Å². The van der Waals surface area contributed by atoms with Gasteiger partial charge in [0.2, 0.25) is 0 Å². The first-order chi connectivity index (χ1) is 9.61. The predicted molar refractivity (Wildman–Crippen MR) is 78.9 cm³/mol. The second-order valence-corrected chi connectivity index (χ2v) is 5.15. The molecule has 1 heterocycles. The van der Waals surface area contributed by atoms with Gasteiger partial charge in [-0.25, -0.2) is 0 Å². The third-order valence-electron chi connectivity index (χ3n) is 2.82. The Kier molecular flexibility index (Phi) is 4.49. The topological polar surface area (TPSA) is 57.0 Å². The van der Waals surface area contributed by atoms with Crippen LogP contribution in [0.15, 0.2) is 47.1 Å².